The lowest BCUT2D eigenvalue weighted by Crippen LogP contribution is -2.35. The normalized spacial score (nSPS) is 18.4. The predicted molar refractivity (Wildman–Crippen MR) is 103 cm³/mol. The first-order chi connectivity index (χ1) is 15.4. The molecule has 2 atom stereocenters. The number of fused-ring (bicyclic) bond motifs is 1. The molecule has 0 spiro atoms. The van der Waals surface area contributed by atoms with Gasteiger partial charge in [-0.1, -0.05) is 11.6 Å². The first-order valence-electron chi connectivity index (χ1n) is 9.24. The van der Waals surface area contributed by atoms with E-state index in [1.54, 1.807) is 0 Å². The van der Waals surface area contributed by atoms with E-state index in [2.05, 4.69) is 20.5 Å². The maximum Gasteiger partial charge on any atom is 0.573 e. The number of anilines is 2. The number of benzene rings is 1. The molecule has 176 valence electrons. The summed E-state index contributed by atoms with van der Waals surface area (Å²) < 4.78 is 87.5. The number of nitrogens with zero attached hydrogens (tertiary/aromatic N) is 2. The monoisotopic (exact) mass is 494 g/mol. The number of rotatable bonds is 4. The summed E-state index contributed by atoms with van der Waals surface area (Å²) in [5, 5.41) is 8.55. The Morgan fingerprint density at radius 1 is 1.18 bits per heavy atom. The van der Waals surface area contributed by atoms with Crippen molar-refractivity contribution in [3.05, 3.63) is 59.1 Å². The van der Waals surface area contributed by atoms with Crippen LogP contribution in [0.4, 0.5) is 37.8 Å². The van der Waals surface area contributed by atoms with Crippen LogP contribution in [0.25, 0.3) is 0 Å². The number of aromatic nitrogens is 2. The quantitative estimate of drug-likeness (QED) is 0.439. The van der Waals surface area contributed by atoms with Gasteiger partial charge in [0.25, 0.3) is 5.91 Å². The van der Waals surface area contributed by atoms with Crippen LogP contribution in [-0.2, 0) is 0 Å². The molecule has 14 heteroatoms. The van der Waals surface area contributed by atoms with Crippen molar-refractivity contribution in [3.63, 3.8) is 0 Å². The molecule has 3 aromatic rings. The number of ether oxygens (including phenoxy) is 1. The van der Waals surface area contributed by atoms with Gasteiger partial charge in [0.1, 0.15) is 22.4 Å². The van der Waals surface area contributed by atoms with Gasteiger partial charge in [-0.3, -0.25) is 4.79 Å². The van der Waals surface area contributed by atoms with Crippen molar-refractivity contribution in [2.45, 2.75) is 31.0 Å². The van der Waals surface area contributed by atoms with Crippen molar-refractivity contribution in [2.24, 2.45) is 0 Å². The summed E-state index contributed by atoms with van der Waals surface area (Å²) in [7, 11) is 0. The van der Waals surface area contributed by atoms with Crippen LogP contribution < -0.4 is 15.4 Å². The topological polar surface area (TPSA) is 81.3 Å². The van der Waals surface area contributed by atoms with Crippen molar-refractivity contribution < 1.29 is 40.3 Å². The minimum absolute atomic E-state index is 0.0466. The standard InChI is InChI=1S/C19H13ClF6N4O3/c20-14-15(17(31)27-9-3-5-10(6-4-9)33-19(24,25)26)29-30-13(18(21,22)23)8-11(28-16(14)30)12-2-1-7-32-12/h1-7,11,13,28H,8H2,(H,27,31). The highest BCUT2D eigenvalue weighted by atomic mass is 35.5. The van der Waals surface area contributed by atoms with Gasteiger partial charge in [0.15, 0.2) is 11.7 Å². The van der Waals surface area contributed by atoms with Crippen LogP contribution in [-0.4, -0.2) is 28.2 Å². The van der Waals surface area contributed by atoms with Gasteiger partial charge in [-0.2, -0.15) is 18.3 Å². The van der Waals surface area contributed by atoms with Crippen molar-refractivity contribution in [1.29, 1.82) is 0 Å². The summed E-state index contributed by atoms with van der Waals surface area (Å²) in [5.41, 5.74) is -0.450. The summed E-state index contributed by atoms with van der Waals surface area (Å²) in [6.45, 7) is 0. The van der Waals surface area contributed by atoms with E-state index in [-0.39, 0.29) is 22.3 Å². The van der Waals surface area contributed by atoms with Gasteiger partial charge in [-0.25, -0.2) is 4.68 Å². The van der Waals surface area contributed by atoms with Crippen LogP contribution in [0.2, 0.25) is 5.02 Å². The van der Waals surface area contributed by atoms with Crippen LogP contribution >= 0.6 is 11.6 Å². The Morgan fingerprint density at radius 3 is 2.45 bits per heavy atom. The second-order valence-electron chi connectivity index (χ2n) is 6.99. The molecule has 0 radical (unpaired) electrons. The zero-order chi connectivity index (χ0) is 24.0. The van der Waals surface area contributed by atoms with Crippen LogP contribution in [0.1, 0.15) is 34.8 Å². The average Bonchev–Trinajstić information content (AvgIpc) is 3.36. The molecule has 0 aliphatic carbocycles. The van der Waals surface area contributed by atoms with Gasteiger partial charge in [0.2, 0.25) is 0 Å². The summed E-state index contributed by atoms with van der Waals surface area (Å²) in [4.78, 5) is 12.6. The number of furan rings is 1. The lowest BCUT2D eigenvalue weighted by molar-refractivity contribution is -0.274. The van der Waals surface area contributed by atoms with E-state index in [4.69, 9.17) is 16.0 Å². The second kappa shape index (κ2) is 8.21. The number of alkyl halides is 6. The van der Waals surface area contributed by atoms with Crippen LogP contribution in [0.3, 0.4) is 0 Å². The predicted octanol–water partition coefficient (Wildman–Crippen LogP) is 5.94. The lowest BCUT2D eigenvalue weighted by atomic mass is 10.0. The SMILES string of the molecule is O=C(Nc1ccc(OC(F)(F)F)cc1)c1nn2c(c1Cl)NC(c1ccco1)CC2C(F)(F)F. The molecular formula is C19H13ClF6N4O3. The smallest absolute Gasteiger partial charge is 0.467 e. The molecular weight excluding hydrogens is 482 g/mol. The summed E-state index contributed by atoms with van der Waals surface area (Å²) >= 11 is 6.19. The Morgan fingerprint density at radius 2 is 1.88 bits per heavy atom. The van der Waals surface area contributed by atoms with Crippen molar-refractivity contribution in [2.75, 3.05) is 10.6 Å². The first kappa shape index (κ1) is 22.8. The van der Waals surface area contributed by atoms with Crippen molar-refractivity contribution in [1.82, 2.24) is 9.78 Å². The highest BCUT2D eigenvalue weighted by Crippen LogP contribution is 2.46. The Bertz CT molecular complexity index is 1140. The molecule has 2 N–H and O–H groups in total. The van der Waals surface area contributed by atoms with Crippen LogP contribution in [0, 0.1) is 0 Å². The molecule has 2 unspecified atom stereocenters. The largest absolute Gasteiger partial charge is 0.573 e. The van der Waals surface area contributed by atoms with Gasteiger partial charge in [0.05, 0.1) is 12.3 Å². The molecule has 3 heterocycles. The molecule has 1 amide bonds. The Kier molecular flexibility index (Phi) is 5.68. The Hall–Kier alpha value is -3.35. The van der Waals surface area contributed by atoms with Crippen LogP contribution in [0.5, 0.6) is 5.75 Å². The van der Waals surface area contributed by atoms with Crippen molar-refractivity contribution in [3.8, 4) is 5.75 Å². The number of nitrogens with one attached hydrogen (secondary N) is 2. The average molecular weight is 495 g/mol. The molecule has 1 aromatic carbocycles. The maximum atomic E-state index is 13.7. The zero-order valence-corrected chi connectivity index (χ0v) is 16.9. The number of carbonyl (C=O) groups is 1. The number of amides is 1. The molecule has 7 nitrogen and oxygen atoms in total. The van der Waals surface area contributed by atoms with E-state index in [0.29, 0.717) is 4.68 Å². The fourth-order valence-electron chi connectivity index (χ4n) is 3.34. The van der Waals surface area contributed by atoms with E-state index < -0.39 is 48.4 Å². The fraction of sp³-hybridized carbons (Fsp3) is 0.263. The van der Waals surface area contributed by atoms with Gasteiger partial charge in [-0.15, -0.1) is 13.2 Å². The summed E-state index contributed by atoms with van der Waals surface area (Å²) in [5.74, 6) is -1.44. The summed E-state index contributed by atoms with van der Waals surface area (Å²) in [6.07, 6.45) is -8.72. The minimum atomic E-state index is -4.89. The minimum Gasteiger partial charge on any atom is -0.467 e. The molecule has 33 heavy (non-hydrogen) atoms. The van der Waals surface area contributed by atoms with E-state index in [1.807, 2.05) is 0 Å². The van der Waals surface area contributed by atoms with Crippen LogP contribution in [0.15, 0.2) is 47.1 Å². The maximum absolute atomic E-state index is 13.7. The zero-order valence-electron chi connectivity index (χ0n) is 16.2. The lowest BCUT2D eigenvalue weighted by Gasteiger charge is -2.32. The summed E-state index contributed by atoms with van der Waals surface area (Å²) in [6, 6.07) is 4.23. The third kappa shape index (κ3) is 4.87. The second-order valence-corrected chi connectivity index (χ2v) is 7.37. The molecule has 4 rings (SSSR count). The van der Waals surface area contributed by atoms with E-state index in [1.165, 1.54) is 18.4 Å². The van der Waals surface area contributed by atoms with E-state index in [0.717, 1.165) is 24.3 Å². The Labute approximate surface area is 186 Å². The Balaban J connectivity index is 1.59. The highest BCUT2D eigenvalue weighted by molar-refractivity contribution is 6.36. The van der Waals surface area contributed by atoms with Crippen molar-refractivity contribution >= 4 is 29.0 Å². The molecule has 0 saturated heterocycles. The number of halogens is 7. The molecule has 1 aliphatic heterocycles. The number of hydrogen-bond acceptors (Lipinski definition) is 5. The number of carbonyl (C=O) groups excluding carboxylic acids is 1. The third-order valence-corrected chi connectivity index (χ3v) is 5.10. The third-order valence-electron chi connectivity index (χ3n) is 4.74. The first-order valence-corrected chi connectivity index (χ1v) is 9.62. The fourth-order valence-corrected chi connectivity index (χ4v) is 3.61. The van der Waals surface area contributed by atoms with Gasteiger partial charge in [0, 0.05) is 12.1 Å². The molecule has 0 fully saturated rings. The number of hydrogen-bond donors (Lipinski definition) is 2. The highest BCUT2D eigenvalue weighted by Gasteiger charge is 2.48. The molecule has 2 aromatic heterocycles. The van der Waals surface area contributed by atoms with Gasteiger partial charge in [-0.05, 0) is 36.4 Å². The van der Waals surface area contributed by atoms with E-state index in [9.17, 15) is 31.1 Å². The van der Waals surface area contributed by atoms with E-state index >= 15 is 0 Å². The molecule has 1 aliphatic rings. The van der Waals surface area contributed by atoms with Gasteiger partial charge < -0.3 is 19.8 Å². The van der Waals surface area contributed by atoms with Gasteiger partial charge >= 0.3 is 12.5 Å². The molecule has 0 bridgehead atoms. The molecule has 0 saturated carbocycles.